The Morgan fingerprint density at radius 2 is 1.81 bits per heavy atom. The molecule has 3 rings (SSSR count). The molecule has 1 aliphatic heterocycles. The van der Waals surface area contributed by atoms with Crippen LogP contribution in [0.5, 0.6) is 0 Å². The molecular weight excluding hydrogens is 308 g/mol. The standard InChI is InChI=1S/C15H13ClN2O2S/c16-12-7-8-14-13(10-12)17-15(18-21(14,19)20)9-6-11-4-2-1-3-5-11/h1-5,7-8,10H,6,9H2,(H,17,18). The zero-order chi connectivity index (χ0) is 14.9. The number of aryl methyl sites for hydroxylation is 1. The van der Waals surface area contributed by atoms with Crippen LogP contribution in [0.2, 0.25) is 5.02 Å². The smallest absolute Gasteiger partial charge is 0.286 e. The monoisotopic (exact) mass is 320 g/mol. The molecule has 0 bridgehead atoms. The number of hydrogen-bond donors (Lipinski definition) is 1. The number of fused-ring (bicyclic) bond motifs is 1. The van der Waals surface area contributed by atoms with Crippen LogP contribution in [-0.2, 0) is 16.4 Å². The van der Waals surface area contributed by atoms with Crippen LogP contribution >= 0.6 is 11.6 Å². The van der Waals surface area contributed by atoms with Crippen LogP contribution in [0.3, 0.4) is 0 Å². The largest absolute Gasteiger partial charge is 0.342 e. The minimum absolute atomic E-state index is 0.162. The highest BCUT2D eigenvalue weighted by Gasteiger charge is 2.24. The Hall–Kier alpha value is -1.85. The molecule has 0 unspecified atom stereocenters. The molecule has 1 heterocycles. The fourth-order valence-corrected chi connectivity index (χ4v) is 3.54. The van der Waals surface area contributed by atoms with Gasteiger partial charge in [0.15, 0.2) is 0 Å². The van der Waals surface area contributed by atoms with Crippen molar-refractivity contribution in [2.75, 3.05) is 5.32 Å². The first kappa shape index (κ1) is 14.1. The molecule has 1 aliphatic rings. The van der Waals surface area contributed by atoms with Crippen LogP contribution in [0.4, 0.5) is 5.69 Å². The molecule has 2 aromatic rings. The van der Waals surface area contributed by atoms with Crippen molar-refractivity contribution in [2.24, 2.45) is 4.40 Å². The third kappa shape index (κ3) is 3.09. The van der Waals surface area contributed by atoms with E-state index < -0.39 is 10.0 Å². The summed E-state index contributed by atoms with van der Waals surface area (Å²) in [6, 6.07) is 14.5. The van der Waals surface area contributed by atoms with Gasteiger partial charge in [-0.1, -0.05) is 41.9 Å². The Morgan fingerprint density at radius 1 is 1.05 bits per heavy atom. The zero-order valence-corrected chi connectivity index (χ0v) is 12.7. The maximum Gasteiger partial charge on any atom is 0.286 e. The van der Waals surface area contributed by atoms with E-state index in [0.717, 1.165) is 12.0 Å². The summed E-state index contributed by atoms with van der Waals surface area (Å²) in [6.07, 6.45) is 1.24. The lowest BCUT2D eigenvalue weighted by molar-refractivity contribution is 0.597. The average molecular weight is 321 g/mol. The summed E-state index contributed by atoms with van der Waals surface area (Å²) in [5, 5.41) is 3.54. The third-order valence-corrected chi connectivity index (χ3v) is 4.83. The van der Waals surface area contributed by atoms with Crippen molar-refractivity contribution in [3.8, 4) is 0 Å². The fourth-order valence-electron chi connectivity index (χ4n) is 2.21. The lowest BCUT2D eigenvalue weighted by Gasteiger charge is -2.18. The van der Waals surface area contributed by atoms with E-state index in [1.54, 1.807) is 12.1 Å². The van der Waals surface area contributed by atoms with E-state index in [1.165, 1.54) is 6.07 Å². The molecule has 0 atom stereocenters. The molecule has 2 aromatic carbocycles. The summed E-state index contributed by atoms with van der Waals surface area (Å²) in [7, 11) is -3.65. The van der Waals surface area contributed by atoms with Crippen molar-refractivity contribution in [3.05, 3.63) is 59.1 Å². The van der Waals surface area contributed by atoms with Gasteiger partial charge in [-0.05, 0) is 30.2 Å². The third-order valence-electron chi connectivity index (χ3n) is 3.22. The molecule has 21 heavy (non-hydrogen) atoms. The summed E-state index contributed by atoms with van der Waals surface area (Å²) in [5.74, 6) is 0.439. The number of hydrogen-bond acceptors (Lipinski definition) is 3. The number of nitrogens with one attached hydrogen (secondary N) is 1. The van der Waals surface area contributed by atoms with E-state index in [-0.39, 0.29) is 4.90 Å². The van der Waals surface area contributed by atoms with E-state index in [4.69, 9.17) is 11.6 Å². The second-order valence-corrected chi connectivity index (χ2v) is 6.77. The van der Waals surface area contributed by atoms with E-state index in [2.05, 4.69) is 9.71 Å². The highest BCUT2D eigenvalue weighted by Crippen LogP contribution is 2.30. The molecule has 0 aromatic heterocycles. The Morgan fingerprint density at radius 3 is 2.57 bits per heavy atom. The number of nitrogens with zero attached hydrogens (tertiary/aromatic N) is 1. The van der Waals surface area contributed by atoms with Gasteiger partial charge in [-0.25, -0.2) is 0 Å². The van der Waals surface area contributed by atoms with Gasteiger partial charge < -0.3 is 5.32 Å². The Bertz CT molecular complexity index is 802. The first-order valence-corrected chi connectivity index (χ1v) is 8.31. The average Bonchev–Trinajstić information content (AvgIpc) is 2.45. The normalized spacial score (nSPS) is 15.8. The number of benzene rings is 2. The maximum absolute atomic E-state index is 12.1. The summed E-state index contributed by atoms with van der Waals surface area (Å²) in [5.41, 5.74) is 1.62. The Labute approximate surface area is 128 Å². The Balaban J connectivity index is 1.84. The van der Waals surface area contributed by atoms with Gasteiger partial charge >= 0.3 is 0 Å². The van der Waals surface area contributed by atoms with Crippen molar-refractivity contribution in [3.63, 3.8) is 0 Å². The van der Waals surface area contributed by atoms with Crippen molar-refractivity contribution in [1.82, 2.24) is 0 Å². The van der Waals surface area contributed by atoms with E-state index >= 15 is 0 Å². The zero-order valence-electron chi connectivity index (χ0n) is 11.1. The van der Waals surface area contributed by atoms with Gasteiger partial charge in [0.1, 0.15) is 10.7 Å². The number of sulfonamides is 1. The van der Waals surface area contributed by atoms with Crippen molar-refractivity contribution >= 4 is 33.1 Å². The molecule has 0 fully saturated rings. The van der Waals surface area contributed by atoms with Crippen LogP contribution in [0.25, 0.3) is 0 Å². The molecule has 1 N–H and O–H groups in total. The topological polar surface area (TPSA) is 58.5 Å². The first-order chi connectivity index (χ1) is 10.0. The minimum Gasteiger partial charge on any atom is -0.342 e. The van der Waals surface area contributed by atoms with Crippen LogP contribution in [0.1, 0.15) is 12.0 Å². The van der Waals surface area contributed by atoms with Crippen molar-refractivity contribution < 1.29 is 8.42 Å². The highest BCUT2D eigenvalue weighted by molar-refractivity contribution is 7.90. The molecule has 0 saturated heterocycles. The number of halogens is 1. The molecule has 108 valence electrons. The molecule has 0 radical (unpaired) electrons. The molecule has 0 spiro atoms. The molecule has 0 amide bonds. The van der Waals surface area contributed by atoms with Crippen LogP contribution in [0, 0.1) is 0 Å². The van der Waals surface area contributed by atoms with Gasteiger partial charge in [-0.15, -0.1) is 4.40 Å². The molecule has 0 aliphatic carbocycles. The van der Waals surface area contributed by atoms with E-state index in [9.17, 15) is 8.42 Å². The van der Waals surface area contributed by atoms with Crippen LogP contribution in [-0.4, -0.2) is 14.3 Å². The van der Waals surface area contributed by atoms with Crippen molar-refractivity contribution in [2.45, 2.75) is 17.7 Å². The first-order valence-electron chi connectivity index (χ1n) is 6.49. The molecule has 0 saturated carbocycles. The molecular formula is C15H13ClN2O2S. The molecule has 6 heteroatoms. The number of amidine groups is 1. The van der Waals surface area contributed by atoms with Gasteiger partial charge in [0.25, 0.3) is 10.0 Å². The predicted octanol–water partition coefficient (Wildman–Crippen LogP) is 3.49. The predicted molar refractivity (Wildman–Crippen MR) is 84.5 cm³/mol. The number of anilines is 1. The molecule has 4 nitrogen and oxygen atoms in total. The van der Waals surface area contributed by atoms with Crippen LogP contribution in [0.15, 0.2) is 57.8 Å². The lowest BCUT2D eigenvalue weighted by Crippen LogP contribution is -2.22. The van der Waals surface area contributed by atoms with E-state index in [0.29, 0.717) is 23.0 Å². The van der Waals surface area contributed by atoms with Gasteiger partial charge in [0, 0.05) is 11.4 Å². The number of rotatable bonds is 3. The second kappa shape index (κ2) is 5.50. The minimum atomic E-state index is -3.65. The van der Waals surface area contributed by atoms with Gasteiger partial charge in [0.2, 0.25) is 0 Å². The second-order valence-electron chi connectivity index (χ2n) is 4.76. The summed E-state index contributed by atoms with van der Waals surface area (Å²) in [4.78, 5) is 0.162. The highest BCUT2D eigenvalue weighted by atomic mass is 35.5. The fraction of sp³-hybridized carbons (Fsp3) is 0.133. The Kier molecular flexibility index (Phi) is 3.69. The van der Waals surface area contributed by atoms with Gasteiger partial charge in [-0.2, -0.15) is 8.42 Å². The SMILES string of the molecule is O=S1(=O)N=C(CCc2ccccc2)Nc2cc(Cl)ccc21. The van der Waals surface area contributed by atoms with Gasteiger partial charge in [0.05, 0.1) is 5.69 Å². The van der Waals surface area contributed by atoms with Crippen molar-refractivity contribution in [1.29, 1.82) is 0 Å². The summed E-state index contributed by atoms with van der Waals surface area (Å²) in [6.45, 7) is 0. The van der Waals surface area contributed by atoms with Gasteiger partial charge in [-0.3, -0.25) is 0 Å². The van der Waals surface area contributed by atoms with Crippen LogP contribution < -0.4 is 5.32 Å². The lowest BCUT2D eigenvalue weighted by atomic mass is 10.1. The van der Waals surface area contributed by atoms with E-state index in [1.807, 2.05) is 30.3 Å². The quantitative estimate of drug-likeness (QED) is 0.941. The maximum atomic E-state index is 12.1. The summed E-state index contributed by atoms with van der Waals surface area (Å²) < 4.78 is 28.1. The summed E-state index contributed by atoms with van der Waals surface area (Å²) >= 11 is 5.92.